The summed E-state index contributed by atoms with van der Waals surface area (Å²) < 4.78 is 44.6. The molecule has 2 atom stereocenters. The molecule has 0 saturated carbocycles. The lowest BCUT2D eigenvalue weighted by atomic mass is 10.2. The molecule has 0 aromatic carbocycles. The number of carbonyl (C=O) groups excluding carboxylic acids is 2. The van der Waals surface area contributed by atoms with Crippen molar-refractivity contribution in [2.75, 3.05) is 6.61 Å². The highest BCUT2D eigenvalue weighted by atomic mass is 19.4. The van der Waals surface area contributed by atoms with Gasteiger partial charge in [-0.2, -0.15) is 13.2 Å². The maximum Gasteiger partial charge on any atom is 0.392 e. The van der Waals surface area contributed by atoms with Crippen molar-refractivity contribution in [3.05, 3.63) is 0 Å². The number of hydrogen-bond acceptors (Lipinski definition) is 4. The van der Waals surface area contributed by atoms with Gasteiger partial charge in [-0.05, 0) is 12.8 Å². The molecule has 0 aromatic heterocycles. The Morgan fingerprint density at radius 2 is 1.88 bits per heavy atom. The van der Waals surface area contributed by atoms with Crippen LogP contribution in [-0.2, 0) is 19.1 Å². The highest BCUT2D eigenvalue weighted by molar-refractivity contribution is 5.81. The summed E-state index contributed by atoms with van der Waals surface area (Å²) in [7, 11) is 0. The second-order valence-electron chi connectivity index (χ2n) is 3.63. The van der Waals surface area contributed by atoms with Gasteiger partial charge in [-0.15, -0.1) is 0 Å². The summed E-state index contributed by atoms with van der Waals surface area (Å²) in [4.78, 5) is 21.9. The Balaban J connectivity index is 2.28. The first-order valence-corrected chi connectivity index (χ1v) is 4.98. The highest BCUT2D eigenvalue weighted by Gasteiger charge is 2.35. The molecule has 17 heavy (non-hydrogen) atoms. The molecule has 0 spiro atoms. The lowest BCUT2D eigenvalue weighted by molar-refractivity contribution is -0.167. The third kappa shape index (κ3) is 4.59. The Bertz CT molecular complexity index is 305. The summed E-state index contributed by atoms with van der Waals surface area (Å²) in [5.74, 6) is -1.59. The molecule has 1 heterocycles. The number of esters is 1. The fourth-order valence-electron chi connectivity index (χ4n) is 1.38. The first-order chi connectivity index (χ1) is 7.79. The highest BCUT2D eigenvalue weighted by Crippen LogP contribution is 2.22. The predicted molar refractivity (Wildman–Crippen MR) is 48.7 cm³/mol. The predicted octanol–water partition coefficient (Wildman–Crippen LogP) is 0.515. The molecule has 0 aromatic rings. The second-order valence-corrected chi connectivity index (χ2v) is 3.63. The van der Waals surface area contributed by atoms with Gasteiger partial charge < -0.3 is 15.2 Å². The van der Waals surface area contributed by atoms with Crippen LogP contribution >= 0.6 is 0 Å². The van der Waals surface area contributed by atoms with Gasteiger partial charge in [0, 0.05) is 0 Å². The summed E-state index contributed by atoms with van der Waals surface area (Å²) in [6, 6.07) is 0. The first kappa shape index (κ1) is 13.8. The van der Waals surface area contributed by atoms with Crippen LogP contribution in [-0.4, -0.2) is 36.9 Å². The average Bonchev–Trinajstić information content (AvgIpc) is 2.63. The van der Waals surface area contributed by atoms with Crippen LogP contribution in [0.3, 0.4) is 0 Å². The van der Waals surface area contributed by atoms with E-state index in [2.05, 4.69) is 4.74 Å². The Morgan fingerprint density at radius 1 is 1.29 bits per heavy atom. The standard InChI is InChI=1S/C9H12F3NO4/c10-9(11,12)3-4-16-8(15)6-2-1-5(17-6)7(13)14/h5-6H,1-4H2,(H2,13,14)/t5-,6-/m1/s1. The fourth-order valence-corrected chi connectivity index (χ4v) is 1.38. The average molecular weight is 255 g/mol. The zero-order valence-electron chi connectivity index (χ0n) is 8.83. The van der Waals surface area contributed by atoms with Crippen LogP contribution in [0.25, 0.3) is 0 Å². The van der Waals surface area contributed by atoms with Crippen molar-refractivity contribution < 1.29 is 32.2 Å². The van der Waals surface area contributed by atoms with Crippen molar-refractivity contribution in [3.63, 3.8) is 0 Å². The van der Waals surface area contributed by atoms with Gasteiger partial charge >= 0.3 is 12.1 Å². The van der Waals surface area contributed by atoms with Crippen molar-refractivity contribution in [2.45, 2.75) is 37.6 Å². The zero-order valence-corrected chi connectivity index (χ0v) is 8.83. The van der Waals surface area contributed by atoms with Crippen LogP contribution in [0.4, 0.5) is 13.2 Å². The molecule has 0 aliphatic carbocycles. The van der Waals surface area contributed by atoms with Crippen molar-refractivity contribution in [1.29, 1.82) is 0 Å². The van der Waals surface area contributed by atoms with E-state index in [1.54, 1.807) is 0 Å². The van der Waals surface area contributed by atoms with Crippen LogP contribution < -0.4 is 5.73 Å². The molecule has 0 unspecified atom stereocenters. The Hall–Kier alpha value is -1.31. The monoisotopic (exact) mass is 255 g/mol. The number of rotatable bonds is 4. The molecule has 0 radical (unpaired) electrons. The van der Waals surface area contributed by atoms with Crippen LogP contribution in [0.2, 0.25) is 0 Å². The fraction of sp³-hybridized carbons (Fsp3) is 0.778. The van der Waals surface area contributed by atoms with E-state index in [4.69, 9.17) is 10.5 Å². The normalized spacial score (nSPS) is 24.6. The smallest absolute Gasteiger partial charge is 0.392 e. The minimum Gasteiger partial charge on any atom is -0.463 e. The SMILES string of the molecule is NC(=O)[C@H]1CC[C@H](C(=O)OCCC(F)(F)F)O1. The van der Waals surface area contributed by atoms with Gasteiger partial charge in [0.1, 0.15) is 12.7 Å². The maximum absolute atomic E-state index is 11.8. The van der Waals surface area contributed by atoms with Crippen LogP contribution in [0, 0.1) is 0 Å². The third-order valence-electron chi connectivity index (χ3n) is 2.23. The van der Waals surface area contributed by atoms with Crippen LogP contribution in [0.1, 0.15) is 19.3 Å². The zero-order chi connectivity index (χ0) is 13.1. The van der Waals surface area contributed by atoms with E-state index in [9.17, 15) is 22.8 Å². The molecule has 1 aliphatic heterocycles. The van der Waals surface area contributed by atoms with Crippen LogP contribution in [0.15, 0.2) is 0 Å². The van der Waals surface area contributed by atoms with E-state index in [0.717, 1.165) is 0 Å². The molecule has 2 N–H and O–H groups in total. The molecule has 1 fully saturated rings. The largest absolute Gasteiger partial charge is 0.463 e. The summed E-state index contributed by atoms with van der Waals surface area (Å²) >= 11 is 0. The van der Waals surface area contributed by atoms with E-state index in [1.165, 1.54) is 0 Å². The van der Waals surface area contributed by atoms with Crippen molar-refractivity contribution in [1.82, 2.24) is 0 Å². The van der Waals surface area contributed by atoms with E-state index >= 15 is 0 Å². The Morgan fingerprint density at radius 3 is 2.35 bits per heavy atom. The quantitative estimate of drug-likeness (QED) is 0.742. The number of halogens is 3. The van der Waals surface area contributed by atoms with Crippen LogP contribution in [0.5, 0.6) is 0 Å². The molecule has 0 bridgehead atoms. The third-order valence-corrected chi connectivity index (χ3v) is 2.23. The second kappa shape index (κ2) is 5.35. The lowest BCUT2D eigenvalue weighted by Crippen LogP contribution is -2.31. The molecule has 8 heteroatoms. The number of carbonyl (C=O) groups is 2. The number of nitrogens with two attached hydrogens (primary N) is 1. The van der Waals surface area contributed by atoms with Gasteiger partial charge in [-0.25, -0.2) is 4.79 Å². The van der Waals surface area contributed by atoms with Gasteiger partial charge in [0.05, 0.1) is 6.42 Å². The Kier molecular flexibility index (Phi) is 4.33. The molecule has 1 rings (SSSR count). The van der Waals surface area contributed by atoms with Crippen molar-refractivity contribution >= 4 is 11.9 Å². The number of amides is 1. The minimum absolute atomic E-state index is 0.221. The van der Waals surface area contributed by atoms with Gasteiger partial charge in [0.25, 0.3) is 0 Å². The Labute approximate surface area is 95.0 Å². The topological polar surface area (TPSA) is 78.6 Å². The summed E-state index contributed by atoms with van der Waals surface area (Å²) in [5, 5.41) is 0. The molecule has 1 aliphatic rings. The molecule has 1 saturated heterocycles. The van der Waals surface area contributed by atoms with Gasteiger partial charge in [0.15, 0.2) is 6.10 Å². The minimum atomic E-state index is -4.37. The molecule has 5 nitrogen and oxygen atoms in total. The van der Waals surface area contributed by atoms with Crippen molar-refractivity contribution in [2.24, 2.45) is 5.73 Å². The number of ether oxygens (including phenoxy) is 2. The molecular weight excluding hydrogens is 243 g/mol. The van der Waals surface area contributed by atoms with E-state index in [-0.39, 0.29) is 12.8 Å². The number of hydrogen-bond donors (Lipinski definition) is 1. The van der Waals surface area contributed by atoms with Crippen molar-refractivity contribution in [3.8, 4) is 0 Å². The van der Waals surface area contributed by atoms with E-state index in [1.807, 2.05) is 0 Å². The molecule has 1 amide bonds. The summed E-state index contributed by atoms with van der Waals surface area (Å²) in [6.07, 6.45) is -6.94. The van der Waals surface area contributed by atoms with E-state index < -0.39 is 43.3 Å². The summed E-state index contributed by atoms with van der Waals surface area (Å²) in [6.45, 7) is -0.747. The number of alkyl halides is 3. The van der Waals surface area contributed by atoms with Gasteiger partial charge in [-0.3, -0.25) is 4.79 Å². The van der Waals surface area contributed by atoms with Gasteiger partial charge in [-0.1, -0.05) is 0 Å². The lowest BCUT2D eigenvalue weighted by Gasteiger charge is -2.12. The molecule has 98 valence electrons. The first-order valence-electron chi connectivity index (χ1n) is 4.98. The molecular formula is C9H12F3NO4. The van der Waals surface area contributed by atoms with E-state index in [0.29, 0.717) is 0 Å². The number of primary amides is 1. The maximum atomic E-state index is 11.8. The summed E-state index contributed by atoms with van der Waals surface area (Å²) in [5.41, 5.74) is 4.95. The van der Waals surface area contributed by atoms with Gasteiger partial charge in [0.2, 0.25) is 5.91 Å².